The van der Waals surface area contributed by atoms with Crippen LogP contribution in [0.2, 0.25) is 0 Å². The maximum absolute atomic E-state index is 12.6. The van der Waals surface area contributed by atoms with Crippen LogP contribution in [0.15, 0.2) is 60.8 Å². The molecule has 10 heteroatoms. The van der Waals surface area contributed by atoms with Gasteiger partial charge in [0.2, 0.25) is 0 Å². The average Bonchev–Trinajstić information content (AvgIpc) is 3.17. The number of phosphoric ester groups is 1. The summed E-state index contributed by atoms with van der Waals surface area (Å²) in [6.45, 7) is 3.55. The molecule has 318 valence electrons. The highest BCUT2D eigenvalue weighted by Gasteiger charge is 2.26. The van der Waals surface area contributed by atoms with Crippen molar-refractivity contribution in [1.29, 1.82) is 0 Å². The van der Waals surface area contributed by atoms with Crippen LogP contribution in [0.3, 0.4) is 0 Å². The van der Waals surface area contributed by atoms with Crippen molar-refractivity contribution in [2.24, 2.45) is 5.73 Å². The average molecular weight is 794 g/mol. The van der Waals surface area contributed by atoms with E-state index in [0.717, 1.165) is 57.8 Å². The Kier molecular flexibility index (Phi) is 39.6. The van der Waals surface area contributed by atoms with E-state index in [9.17, 15) is 19.0 Å². The first-order chi connectivity index (χ1) is 26.8. The molecule has 2 atom stereocenters. The van der Waals surface area contributed by atoms with Crippen LogP contribution in [-0.2, 0) is 32.7 Å². The highest BCUT2D eigenvalue weighted by Crippen LogP contribution is 2.43. The molecule has 9 nitrogen and oxygen atoms in total. The van der Waals surface area contributed by atoms with E-state index in [0.29, 0.717) is 6.42 Å². The second-order valence-electron chi connectivity index (χ2n) is 14.3. The van der Waals surface area contributed by atoms with E-state index in [1.807, 2.05) is 30.4 Å². The van der Waals surface area contributed by atoms with E-state index >= 15 is 0 Å². The fourth-order valence-corrected chi connectivity index (χ4v) is 6.52. The topological polar surface area (TPSA) is 134 Å². The van der Waals surface area contributed by atoms with Gasteiger partial charge in [-0.05, 0) is 57.8 Å². The molecule has 0 aliphatic carbocycles. The lowest BCUT2D eigenvalue weighted by atomic mass is 10.1. The minimum Gasteiger partial charge on any atom is -0.462 e. The minimum absolute atomic E-state index is 0.0463. The number of esters is 2. The fourth-order valence-electron chi connectivity index (χ4n) is 5.76. The van der Waals surface area contributed by atoms with E-state index in [1.165, 1.54) is 89.9 Å². The lowest BCUT2D eigenvalue weighted by Gasteiger charge is -2.19. The van der Waals surface area contributed by atoms with Gasteiger partial charge in [0.1, 0.15) is 6.61 Å². The van der Waals surface area contributed by atoms with Gasteiger partial charge in [0.15, 0.2) is 6.10 Å². The summed E-state index contributed by atoms with van der Waals surface area (Å²) in [4.78, 5) is 34.9. The van der Waals surface area contributed by atoms with Gasteiger partial charge in [0, 0.05) is 19.4 Å². The van der Waals surface area contributed by atoms with Crippen LogP contribution in [0.5, 0.6) is 0 Å². The van der Waals surface area contributed by atoms with Crippen LogP contribution in [0, 0.1) is 0 Å². The van der Waals surface area contributed by atoms with E-state index in [1.54, 1.807) is 0 Å². The van der Waals surface area contributed by atoms with Crippen LogP contribution in [0.4, 0.5) is 0 Å². The zero-order valence-electron chi connectivity index (χ0n) is 34.9. The molecule has 0 saturated heterocycles. The molecule has 0 rings (SSSR count). The minimum atomic E-state index is -4.39. The number of rotatable bonds is 40. The number of phosphoric acid groups is 1. The quantitative estimate of drug-likeness (QED) is 0.0204. The van der Waals surface area contributed by atoms with E-state index in [4.69, 9.17) is 24.3 Å². The van der Waals surface area contributed by atoms with E-state index < -0.39 is 32.5 Å². The van der Waals surface area contributed by atoms with Crippen molar-refractivity contribution in [3.05, 3.63) is 60.8 Å². The molecule has 0 heterocycles. The van der Waals surface area contributed by atoms with Gasteiger partial charge in [-0.25, -0.2) is 4.57 Å². The van der Waals surface area contributed by atoms with Crippen molar-refractivity contribution < 1.29 is 37.6 Å². The van der Waals surface area contributed by atoms with Crippen LogP contribution >= 0.6 is 7.82 Å². The second-order valence-corrected chi connectivity index (χ2v) is 15.7. The monoisotopic (exact) mass is 794 g/mol. The van der Waals surface area contributed by atoms with Gasteiger partial charge in [0.25, 0.3) is 0 Å². The number of hydrogen-bond acceptors (Lipinski definition) is 8. The van der Waals surface area contributed by atoms with Crippen molar-refractivity contribution in [2.45, 2.75) is 187 Å². The fraction of sp³-hybridized carbons (Fsp3) is 0.733. The summed E-state index contributed by atoms with van der Waals surface area (Å²) in [7, 11) is -4.39. The zero-order chi connectivity index (χ0) is 40.3. The molecule has 3 N–H and O–H groups in total. The third kappa shape index (κ3) is 41.2. The molecule has 0 radical (unpaired) electrons. The first kappa shape index (κ1) is 52.7. The Morgan fingerprint density at radius 2 is 1.02 bits per heavy atom. The number of allylic oxidation sites excluding steroid dienone is 10. The molecule has 0 amide bonds. The number of carbonyl (C=O) groups excluding carboxylic acids is 2. The highest BCUT2D eigenvalue weighted by atomic mass is 31.2. The van der Waals surface area contributed by atoms with Gasteiger partial charge in [-0.15, -0.1) is 0 Å². The Morgan fingerprint density at radius 1 is 0.564 bits per heavy atom. The summed E-state index contributed by atoms with van der Waals surface area (Å²) in [5.74, 6) is -0.860. The number of hydrogen-bond donors (Lipinski definition) is 2. The van der Waals surface area contributed by atoms with Gasteiger partial charge in [0.05, 0.1) is 13.2 Å². The van der Waals surface area contributed by atoms with E-state index in [-0.39, 0.29) is 32.6 Å². The Bertz CT molecular complexity index is 1090. The lowest BCUT2D eigenvalue weighted by molar-refractivity contribution is -0.161. The highest BCUT2D eigenvalue weighted by molar-refractivity contribution is 7.47. The van der Waals surface area contributed by atoms with Crippen LogP contribution < -0.4 is 5.73 Å². The largest absolute Gasteiger partial charge is 0.472 e. The molecule has 0 aromatic carbocycles. The third-order valence-electron chi connectivity index (χ3n) is 8.98. The van der Waals surface area contributed by atoms with Crippen LogP contribution in [0.25, 0.3) is 0 Å². The van der Waals surface area contributed by atoms with E-state index in [2.05, 4.69) is 44.2 Å². The molecule has 0 fully saturated rings. The van der Waals surface area contributed by atoms with Gasteiger partial charge >= 0.3 is 19.8 Å². The molecule has 0 saturated carbocycles. The van der Waals surface area contributed by atoms with Crippen LogP contribution in [0.1, 0.15) is 181 Å². The van der Waals surface area contributed by atoms with Gasteiger partial charge in [-0.3, -0.25) is 18.6 Å². The first-order valence-corrected chi connectivity index (χ1v) is 23.3. The summed E-state index contributed by atoms with van der Waals surface area (Å²) >= 11 is 0. The Labute approximate surface area is 336 Å². The Hall–Kier alpha value is -2.29. The summed E-state index contributed by atoms with van der Waals surface area (Å²) < 4.78 is 32.8. The molecule has 0 bridgehead atoms. The second kappa shape index (κ2) is 41.3. The molecule has 55 heavy (non-hydrogen) atoms. The van der Waals surface area contributed by atoms with Gasteiger partial charge < -0.3 is 20.1 Å². The number of unbranched alkanes of at least 4 members (excludes halogenated alkanes) is 20. The Balaban J connectivity index is 4.17. The third-order valence-corrected chi connectivity index (χ3v) is 9.97. The predicted molar refractivity (Wildman–Crippen MR) is 229 cm³/mol. The molecule has 0 aromatic heterocycles. The van der Waals surface area contributed by atoms with Crippen LogP contribution in [-0.4, -0.2) is 49.3 Å². The summed E-state index contributed by atoms with van der Waals surface area (Å²) in [6, 6.07) is 0. The maximum Gasteiger partial charge on any atom is 0.472 e. The number of nitrogens with two attached hydrogens (primary N) is 1. The van der Waals surface area contributed by atoms with Crippen molar-refractivity contribution in [1.82, 2.24) is 0 Å². The van der Waals surface area contributed by atoms with Gasteiger partial charge in [-0.1, -0.05) is 171 Å². The SMILES string of the molecule is CC/C=C/C=C/C=C/C=C/CCCCCCCC(=O)O[C@H](COC(=O)CCCCCCCCCCC/C=C/CCCCCCCC)COP(=O)(O)OCCN. The number of carbonyl (C=O) groups is 2. The Morgan fingerprint density at radius 3 is 1.55 bits per heavy atom. The summed E-state index contributed by atoms with van der Waals surface area (Å²) in [5.41, 5.74) is 5.34. The molecule has 1 unspecified atom stereocenters. The maximum atomic E-state index is 12.6. The normalized spacial score (nSPS) is 13.9. The number of ether oxygens (including phenoxy) is 2. The zero-order valence-corrected chi connectivity index (χ0v) is 35.8. The van der Waals surface area contributed by atoms with Crippen molar-refractivity contribution in [3.63, 3.8) is 0 Å². The summed E-state index contributed by atoms with van der Waals surface area (Å²) in [6.07, 6.45) is 48.2. The van der Waals surface area contributed by atoms with Crippen molar-refractivity contribution in [3.8, 4) is 0 Å². The van der Waals surface area contributed by atoms with Crippen molar-refractivity contribution in [2.75, 3.05) is 26.4 Å². The molecular formula is C45H80NO8P. The van der Waals surface area contributed by atoms with Gasteiger partial charge in [-0.2, -0.15) is 0 Å². The molecule has 0 aromatic rings. The molecule has 0 aliphatic heterocycles. The lowest BCUT2D eigenvalue weighted by Crippen LogP contribution is -2.29. The smallest absolute Gasteiger partial charge is 0.462 e. The van der Waals surface area contributed by atoms with Crippen molar-refractivity contribution >= 4 is 19.8 Å². The first-order valence-electron chi connectivity index (χ1n) is 21.8. The predicted octanol–water partition coefficient (Wildman–Crippen LogP) is 12.5. The standard InChI is InChI=1S/C45H80NO8P/c1-3-5-7-9-11-13-15-17-19-20-21-22-24-25-27-29-31-33-35-37-44(47)51-41-43(42-53-55(49,50)52-40-39-46)54-45(48)38-36-34-32-30-28-26-23-18-16-14-12-10-8-6-4-2/h6,8,10,12,14,16-19,23,43H,3-5,7,9,11,13,15,20-22,24-42,46H2,1-2H3,(H,49,50)/b8-6+,12-10+,16-14+,19-17+,23-18+/t43-/m1/s1. The summed E-state index contributed by atoms with van der Waals surface area (Å²) in [5, 5.41) is 0. The molecule has 0 spiro atoms. The molecular weight excluding hydrogens is 713 g/mol. The molecule has 0 aliphatic rings.